The average molecular weight is 287 g/mol. The molecule has 0 N–H and O–H groups in total. The van der Waals surface area contributed by atoms with Crippen molar-refractivity contribution in [2.75, 3.05) is 18.7 Å². The quantitative estimate of drug-likeness (QED) is 0.775. The number of carbonyl (C=O) groups is 1. The van der Waals surface area contributed by atoms with Gasteiger partial charge in [-0.25, -0.2) is 4.79 Å². The monoisotopic (exact) mass is 287 g/mol. The van der Waals surface area contributed by atoms with Crippen LogP contribution in [0.1, 0.15) is 19.8 Å². The maximum Gasteiger partial charge on any atom is 0.354 e. The summed E-state index contributed by atoms with van der Waals surface area (Å²) in [5.74, 6) is 0.320. The zero-order valence-electron chi connectivity index (χ0n) is 12.1. The lowest BCUT2D eigenvalue weighted by molar-refractivity contribution is -0.135. The number of esters is 1. The fourth-order valence-corrected chi connectivity index (χ4v) is 2.17. The van der Waals surface area contributed by atoms with Gasteiger partial charge in [0, 0.05) is 6.42 Å². The molecule has 0 aliphatic carbocycles. The topological polar surface area (TPSA) is 74.9 Å². The van der Waals surface area contributed by atoms with E-state index in [2.05, 4.69) is 11.2 Å². The van der Waals surface area contributed by atoms with Crippen molar-refractivity contribution in [3.05, 3.63) is 24.3 Å². The predicted molar refractivity (Wildman–Crippen MR) is 78.2 cm³/mol. The summed E-state index contributed by atoms with van der Waals surface area (Å²) in [5, 5.41) is 15.0. The largest absolute Gasteiger partial charge is 0.497 e. The molecule has 1 aliphatic heterocycles. The molecule has 0 radical (unpaired) electrons. The van der Waals surface area contributed by atoms with Crippen LogP contribution in [-0.2, 0) is 9.53 Å². The molecule has 0 bridgehead atoms. The third-order valence-corrected chi connectivity index (χ3v) is 3.18. The van der Waals surface area contributed by atoms with Gasteiger partial charge in [0.15, 0.2) is 0 Å². The van der Waals surface area contributed by atoms with E-state index in [1.54, 1.807) is 19.0 Å². The first kappa shape index (κ1) is 14.9. The number of methoxy groups -OCH3 is 1. The number of rotatable bonds is 5. The molecule has 0 unspecified atom stereocenters. The van der Waals surface area contributed by atoms with Crippen molar-refractivity contribution < 1.29 is 14.3 Å². The normalized spacial score (nSPS) is 17.1. The van der Waals surface area contributed by atoms with Gasteiger partial charge in [-0.1, -0.05) is 0 Å². The molecule has 6 nitrogen and oxygen atoms in total. The maximum absolute atomic E-state index is 11.8. The molecule has 21 heavy (non-hydrogen) atoms. The molecule has 110 valence electrons. The summed E-state index contributed by atoms with van der Waals surface area (Å²) in [7, 11) is 1.60. The van der Waals surface area contributed by atoms with Gasteiger partial charge in [0.25, 0.3) is 0 Å². The lowest BCUT2D eigenvalue weighted by atomic mass is 10.1. The highest BCUT2D eigenvalue weighted by molar-refractivity contribution is 6.37. The van der Waals surface area contributed by atoms with E-state index in [0.717, 1.165) is 11.4 Å². The van der Waals surface area contributed by atoms with E-state index in [0.29, 0.717) is 25.2 Å². The molecule has 1 aromatic rings. The molecule has 0 saturated carbocycles. The lowest BCUT2D eigenvalue weighted by Crippen LogP contribution is -2.26. The summed E-state index contributed by atoms with van der Waals surface area (Å²) in [6.07, 6.45) is 0.705. The molecule has 1 atom stereocenters. The second-order valence-electron chi connectivity index (χ2n) is 4.53. The van der Waals surface area contributed by atoms with Crippen LogP contribution in [0, 0.1) is 11.3 Å². The first-order chi connectivity index (χ1) is 10.2. The van der Waals surface area contributed by atoms with Gasteiger partial charge in [-0.3, -0.25) is 5.01 Å². The van der Waals surface area contributed by atoms with E-state index in [9.17, 15) is 4.79 Å². The van der Waals surface area contributed by atoms with Crippen LogP contribution >= 0.6 is 0 Å². The molecule has 0 saturated heterocycles. The second kappa shape index (κ2) is 6.75. The SMILES string of the molecule is CCOC(=O)C1=NN(c2ccc(OC)cc2)[C@@H](CC#N)C1. The molecule has 6 heteroatoms. The van der Waals surface area contributed by atoms with Crippen molar-refractivity contribution in [1.82, 2.24) is 0 Å². The fraction of sp³-hybridized carbons (Fsp3) is 0.400. The van der Waals surface area contributed by atoms with E-state index in [1.807, 2.05) is 24.3 Å². The van der Waals surface area contributed by atoms with Crippen molar-refractivity contribution in [3.63, 3.8) is 0 Å². The van der Waals surface area contributed by atoms with Crippen molar-refractivity contribution >= 4 is 17.4 Å². The van der Waals surface area contributed by atoms with Crippen molar-refractivity contribution in [2.45, 2.75) is 25.8 Å². The number of benzene rings is 1. The highest BCUT2D eigenvalue weighted by atomic mass is 16.5. The van der Waals surface area contributed by atoms with Crippen LogP contribution in [0.4, 0.5) is 5.69 Å². The number of anilines is 1. The molecule has 0 amide bonds. The summed E-state index contributed by atoms with van der Waals surface area (Å²) in [5.41, 5.74) is 1.17. The Morgan fingerprint density at radius 2 is 2.19 bits per heavy atom. The highest BCUT2D eigenvalue weighted by Gasteiger charge is 2.31. The molecule has 0 spiro atoms. The van der Waals surface area contributed by atoms with Gasteiger partial charge < -0.3 is 9.47 Å². The molecule has 0 fully saturated rings. The van der Waals surface area contributed by atoms with E-state index in [1.165, 1.54) is 0 Å². The number of hydrogen-bond acceptors (Lipinski definition) is 6. The van der Waals surface area contributed by atoms with Gasteiger partial charge in [0.05, 0.1) is 37.9 Å². The Morgan fingerprint density at radius 1 is 1.48 bits per heavy atom. The molecule has 1 aromatic carbocycles. The van der Waals surface area contributed by atoms with Crippen LogP contribution in [0.25, 0.3) is 0 Å². The summed E-state index contributed by atoms with van der Waals surface area (Å²) in [6, 6.07) is 9.31. The van der Waals surface area contributed by atoms with Gasteiger partial charge in [0.1, 0.15) is 11.5 Å². The Kier molecular flexibility index (Phi) is 4.77. The first-order valence-electron chi connectivity index (χ1n) is 6.74. The second-order valence-corrected chi connectivity index (χ2v) is 4.53. The third-order valence-electron chi connectivity index (χ3n) is 3.18. The predicted octanol–water partition coefficient (Wildman–Crippen LogP) is 2.11. The maximum atomic E-state index is 11.8. The summed E-state index contributed by atoms with van der Waals surface area (Å²) in [4.78, 5) is 11.8. The first-order valence-corrected chi connectivity index (χ1v) is 6.74. The average Bonchev–Trinajstić information content (AvgIpc) is 2.92. The van der Waals surface area contributed by atoms with Crippen LogP contribution in [0.3, 0.4) is 0 Å². The number of nitriles is 1. The van der Waals surface area contributed by atoms with Crippen molar-refractivity contribution in [1.29, 1.82) is 5.26 Å². The van der Waals surface area contributed by atoms with E-state index < -0.39 is 5.97 Å². The number of hydrazone groups is 1. The Hall–Kier alpha value is -2.55. The van der Waals surface area contributed by atoms with Gasteiger partial charge >= 0.3 is 5.97 Å². The minimum atomic E-state index is -0.420. The number of ether oxygens (including phenoxy) is 2. The molecule has 1 heterocycles. The van der Waals surface area contributed by atoms with Crippen molar-refractivity contribution in [3.8, 4) is 11.8 Å². The molecule has 1 aliphatic rings. The van der Waals surface area contributed by atoms with E-state index in [-0.39, 0.29) is 6.04 Å². The number of carbonyl (C=O) groups excluding carboxylic acids is 1. The Labute approximate surface area is 123 Å². The zero-order chi connectivity index (χ0) is 15.2. The molecule has 2 rings (SSSR count). The van der Waals surface area contributed by atoms with Gasteiger partial charge in [0.2, 0.25) is 0 Å². The van der Waals surface area contributed by atoms with Gasteiger partial charge in [-0.2, -0.15) is 10.4 Å². The standard InChI is InChI=1S/C15H17N3O3/c1-3-21-15(19)14-10-12(8-9-16)18(17-14)11-4-6-13(20-2)7-5-11/h4-7,12H,3,8,10H2,1-2H3/t12-/m0/s1. The zero-order valence-corrected chi connectivity index (χ0v) is 12.1. The molecular weight excluding hydrogens is 270 g/mol. The smallest absolute Gasteiger partial charge is 0.354 e. The van der Waals surface area contributed by atoms with Crippen molar-refractivity contribution in [2.24, 2.45) is 5.10 Å². The lowest BCUT2D eigenvalue weighted by Gasteiger charge is -2.21. The highest BCUT2D eigenvalue weighted by Crippen LogP contribution is 2.28. The third kappa shape index (κ3) is 3.31. The fourth-order valence-electron chi connectivity index (χ4n) is 2.17. The minimum Gasteiger partial charge on any atom is -0.497 e. The summed E-state index contributed by atoms with van der Waals surface area (Å²) < 4.78 is 10.1. The Balaban J connectivity index is 2.23. The van der Waals surface area contributed by atoms with E-state index in [4.69, 9.17) is 14.7 Å². The summed E-state index contributed by atoms with van der Waals surface area (Å²) >= 11 is 0. The van der Waals surface area contributed by atoms with Crippen LogP contribution in [-0.4, -0.2) is 31.4 Å². The van der Waals surface area contributed by atoms with Crippen LogP contribution in [0.15, 0.2) is 29.4 Å². The van der Waals surface area contributed by atoms with E-state index >= 15 is 0 Å². The number of nitrogens with zero attached hydrogens (tertiary/aromatic N) is 3. The summed E-state index contributed by atoms with van der Waals surface area (Å²) in [6.45, 7) is 2.06. The van der Waals surface area contributed by atoms with Gasteiger partial charge in [-0.15, -0.1) is 0 Å². The molecule has 0 aromatic heterocycles. The van der Waals surface area contributed by atoms with Crippen LogP contribution in [0.5, 0.6) is 5.75 Å². The Bertz CT molecular complexity index is 575. The van der Waals surface area contributed by atoms with Crippen LogP contribution in [0.2, 0.25) is 0 Å². The molecular formula is C15H17N3O3. The Morgan fingerprint density at radius 3 is 2.76 bits per heavy atom. The van der Waals surface area contributed by atoms with Crippen LogP contribution < -0.4 is 9.75 Å². The van der Waals surface area contributed by atoms with Gasteiger partial charge in [-0.05, 0) is 31.2 Å². The minimum absolute atomic E-state index is 0.150. The number of hydrogen-bond donors (Lipinski definition) is 0.